The molecular weight excluding hydrogens is 556 g/mol. The van der Waals surface area contributed by atoms with E-state index in [1.165, 1.54) is 31.2 Å². The first-order chi connectivity index (χ1) is 20.1. The fourth-order valence-electron chi connectivity index (χ4n) is 4.59. The molecule has 0 aromatic heterocycles. The van der Waals surface area contributed by atoms with Crippen LogP contribution in [0.2, 0.25) is 0 Å². The lowest BCUT2D eigenvalue weighted by Crippen LogP contribution is -2.36. The summed E-state index contributed by atoms with van der Waals surface area (Å²) in [5, 5.41) is 5.56. The highest BCUT2D eigenvalue weighted by Crippen LogP contribution is 2.34. The smallest absolute Gasteiger partial charge is 0.339 e. The van der Waals surface area contributed by atoms with Crippen molar-refractivity contribution in [3.05, 3.63) is 72.3 Å². The zero-order valence-corrected chi connectivity index (χ0v) is 25.2. The van der Waals surface area contributed by atoms with Gasteiger partial charge in [0, 0.05) is 49.6 Å². The molecule has 1 aliphatic rings. The van der Waals surface area contributed by atoms with E-state index < -0.39 is 10.1 Å². The Morgan fingerprint density at radius 2 is 1.62 bits per heavy atom. The van der Waals surface area contributed by atoms with Gasteiger partial charge < -0.3 is 29.4 Å². The Labute approximate surface area is 247 Å². The summed E-state index contributed by atoms with van der Waals surface area (Å²) in [6.45, 7) is 7.53. The summed E-state index contributed by atoms with van der Waals surface area (Å²) in [5.41, 5.74) is 2.38. The molecule has 42 heavy (non-hydrogen) atoms. The van der Waals surface area contributed by atoms with Crippen molar-refractivity contribution in [1.29, 1.82) is 0 Å². The number of nitrogens with zero attached hydrogens (tertiary/aromatic N) is 2. The summed E-state index contributed by atoms with van der Waals surface area (Å²) >= 11 is 0. The first-order valence-electron chi connectivity index (χ1n) is 14.0. The Bertz CT molecular complexity index is 1500. The van der Waals surface area contributed by atoms with E-state index in [0.717, 1.165) is 31.6 Å². The highest BCUT2D eigenvalue weighted by atomic mass is 32.2. The lowest BCUT2D eigenvalue weighted by molar-refractivity contribution is -0.114. The van der Waals surface area contributed by atoms with Gasteiger partial charge in [0.2, 0.25) is 5.91 Å². The molecule has 0 heterocycles. The van der Waals surface area contributed by atoms with E-state index in [0.29, 0.717) is 35.2 Å². The van der Waals surface area contributed by atoms with E-state index in [2.05, 4.69) is 15.5 Å². The van der Waals surface area contributed by atoms with Crippen molar-refractivity contribution in [3.8, 4) is 11.5 Å². The third-order valence-electron chi connectivity index (χ3n) is 7.01. The van der Waals surface area contributed by atoms with Crippen LogP contribution in [0.15, 0.2) is 71.6 Å². The maximum Gasteiger partial charge on any atom is 0.339 e. The maximum atomic E-state index is 13.5. The van der Waals surface area contributed by atoms with E-state index in [9.17, 15) is 18.0 Å². The van der Waals surface area contributed by atoms with Gasteiger partial charge in [-0.3, -0.25) is 4.79 Å². The number of hydrogen-bond acceptors (Lipinski definition) is 7. The molecule has 0 unspecified atom stereocenters. The van der Waals surface area contributed by atoms with Gasteiger partial charge in [-0.2, -0.15) is 8.42 Å². The van der Waals surface area contributed by atoms with Crippen molar-refractivity contribution in [2.75, 3.05) is 42.3 Å². The summed E-state index contributed by atoms with van der Waals surface area (Å²) < 4.78 is 37.9. The number of para-hydroxylation sites is 2. The number of carbonyl (C=O) groups is 2. The van der Waals surface area contributed by atoms with Gasteiger partial charge >= 0.3 is 16.1 Å². The molecule has 4 rings (SSSR count). The van der Waals surface area contributed by atoms with Crippen LogP contribution in [0.5, 0.6) is 11.5 Å². The average Bonchev–Trinajstić information content (AvgIpc) is 3.79. The lowest BCUT2D eigenvalue weighted by Gasteiger charge is -2.26. The molecule has 0 saturated heterocycles. The van der Waals surface area contributed by atoms with E-state index in [-0.39, 0.29) is 29.1 Å². The minimum absolute atomic E-state index is 0.0560. The average molecular weight is 595 g/mol. The maximum absolute atomic E-state index is 13.5. The number of ether oxygens (including phenoxy) is 1. The molecule has 0 aliphatic heterocycles. The van der Waals surface area contributed by atoms with Crippen molar-refractivity contribution in [2.45, 2.75) is 45.1 Å². The van der Waals surface area contributed by atoms with Gasteiger partial charge in [0.1, 0.15) is 16.4 Å². The van der Waals surface area contributed by atoms with E-state index in [1.54, 1.807) is 30.2 Å². The Kier molecular flexibility index (Phi) is 9.95. The van der Waals surface area contributed by atoms with Gasteiger partial charge in [0.25, 0.3) is 0 Å². The minimum Gasteiger partial charge on any atom is -0.495 e. The van der Waals surface area contributed by atoms with Gasteiger partial charge in [-0.25, -0.2) is 4.79 Å². The highest BCUT2D eigenvalue weighted by Gasteiger charge is 2.29. The fourth-order valence-corrected chi connectivity index (χ4v) is 5.55. The van der Waals surface area contributed by atoms with Crippen molar-refractivity contribution in [1.82, 2.24) is 4.90 Å². The van der Waals surface area contributed by atoms with Crippen LogP contribution in [0.1, 0.15) is 39.2 Å². The van der Waals surface area contributed by atoms with Gasteiger partial charge in [-0.05, 0) is 75.1 Å². The molecule has 2 N–H and O–H groups in total. The van der Waals surface area contributed by atoms with Crippen LogP contribution in [0, 0.1) is 5.92 Å². The largest absolute Gasteiger partial charge is 0.495 e. The summed E-state index contributed by atoms with van der Waals surface area (Å²) in [6.07, 6.45) is 2.07. The molecule has 3 aromatic carbocycles. The topological polar surface area (TPSA) is 117 Å². The number of nitrogens with one attached hydrogen (secondary N) is 2. The monoisotopic (exact) mass is 594 g/mol. The predicted octanol–water partition coefficient (Wildman–Crippen LogP) is 5.71. The number of urea groups is 1. The Morgan fingerprint density at radius 1 is 0.929 bits per heavy atom. The Balaban J connectivity index is 1.65. The molecule has 224 valence electrons. The third-order valence-corrected chi connectivity index (χ3v) is 8.26. The molecule has 0 spiro atoms. The second-order valence-electron chi connectivity index (χ2n) is 10.2. The molecule has 3 amide bonds. The standard InChI is InChI=1S/C31H38N4O6S/c1-5-34(6-2)26-16-13-24(30(19-26)41-42(38,39)27-17-14-25(15-18-27)32-22(3)36)21-35(20-23-11-12-23)31(37)33-28-9-7-8-10-29(28)40-4/h7-10,13-19,23H,5-6,11-12,20-21H2,1-4H3,(H,32,36)(H,33,37). The number of amides is 3. The predicted molar refractivity (Wildman–Crippen MR) is 164 cm³/mol. The second-order valence-corrected chi connectivity index (χ2v) is 11.7. The number of benzene rings is 3. The van der Waals surface area contributed by atoms with Crippen molar-refractivity contribution in [2.24, 2.45) is 5.92 Å². The molecule has 1 fully saturated rings. The summed E-state index contributed by atoms with van der Waals surface area (Å²) in [6, 6.07) is 18.1. The number of hydrogen-bond donors (Lipinski definition) is 2. The van der Waals surface area contributed by atoms with Crippen LogP contribution >= 0.6 is 0 Å². The molecule has 1 saturated carbocycles. The molecule has 3 aromatic rings. The molecule has 0 bridgehead atoms. The Hall–Kier alpha value is -4.25. The molecule has 1 aliphatic carbocycles. The van der Waals surface area contributed by atoms with Crippen LogP contribution in [0.3, 0.4) is 0 Å². The van der Waals surface area contributed by atoms with E-state index >= 15 is 0 Å². The fraction of sp³-hybridized carbons (Fsp3) is 0.355. The first kappa shape index (κ1) is 30.7. The molecule has 10 nitrogen and oxygen atoms in total. The molecule has 0 radical (unpaired) electrons. The number of rotatable bonds is 13. The zero-order valence-electron chi connectivity index (χ0n) is 24.4. The number of anilines is 3. The van der Waals surface area contributed by atoms with E-state index in [1.807, 2.05) is 38.1 Å². The number of methoxy groups -OCH3 is 1. The van der Waals surface area contributed by atoms with Crippen molar-refractivity contribution >= 4 is 39.1 Å². The van der Waals surface area contributed by atoms with Crippen LogP contribution in [-0.4, -0.2) is 52.0 Å². The SMILES string of the molecule is CCN(CC)c1ccc(CN(CC2CC2)C(=O)Nc2ccccc2OC)c(OS(=O)(=O)c2ccc(NC(C)=O)cc2)c1. The van der Waals surface area contributed by atoms with Crippen molar-refractivity contribution in [3.63, 3.8) is 0 Å². The van der Waals surface area contributed by atoms with Gasteiger partial charge in [0.05, 0.1) is 19.3 Å². The van der Waals surface area contributed by atoms with Gasteiger partial charge in [-0.15, -0.1) is 0 Å². The summed E-state index contributed by atoms with van der Waals surface area (Å²) in [4.78, 5) is 28.6. The van der Waals surface area contributed by atoms with Crippen LogP contribution in [0.4, 0.5) is 21.9 Å². The van der Waals surface area contributed by atoms with Crippen LogP contribution in [-0.2, 0) is 21.5 Å². The lowest BCUT2D eigenvalue weighted by atomic mass is 10.1. The molecule has 0 atom stereocenters. The minimum atomic E-state index is -4.23. The Morgan fingerprint density at radius 3 is 2.24 bits per heavy atom. The summed E-state index contributed by atoms with van der Waals surface area (Å²) in [5.74, 6) is 0.820. The van der Waals surface area contributed by atoms with E-state index in [4.69, 9.17) is 8.92 Å². The first-order valence-corrected chi connectivity index (χ1v) is 15.4. The second kappa shape index (κ2) is 13.6. The molecular formula is C31H38N4O6S. The normalized spacial score (nSPS) is 12.8. The van der Waals surface area contributed by atoms with Crippen LogP contribution < -0.4 is 24.5 Å². The zero-order chi connectivity index (χ0) is 30.3. The highest BCUT2D eigenvalue weighted by molar-refractivity contribution is 7.87. The van der Waals surface area contributed by atoms with Gasteiger partial charge in [-0.1, -0.05) is 18.2 Å². The summed E-state index contributed by atoms with van der Waals surface area (Å²) in [7, 11) is -2.68. The van der Waals surface area contributed by atoms with Gasteiger partial charge in [0.15, 0.2) is 0 Å². The number of carbonyl (C=O) groups excluding carboxylic acids is 2. The third kappa shape index (κ3) is 7.94. The molecule has 11 heteroatoms. The quantitative estimate of drug-likeness (QED) is 0.243. The van der Waals surface area contributed by atoms with Crippen LogP contribution in [0.25, 0.3) is 0 Å². The van der Waals surface area contributed by atoms with Crippen molar-refractivity contribution < 1.29 is 26.9 Å².